The molecule has 2 saturated heterocycles. The third-order valence-electron chi connectivity index (χ3n) is 8.83. The number of anilines is 3. The topological polar surface area (TPSA) is 110 Å². The SMILES string of the molecule is C[C@@H]1CN(c2ncnc3c2C2(CCC2)CN3c2cc(C#N)ccn2)[C@@H](C)CN1C(=O)C1CCC(=O)N1C. The predicted octanol–water partition coefficient (Wildman–Crippen LogP) is 2.36. The van der Waals surface area contributed by atoms with Gasteiger partial charge in [-0.1, -0.05) is 6.42 Å². The molecule has 0 N–H and O–H groups in total. The van der Waals surface area contributed by atoms with Gasteiger partial charge in [0.2, 0.25) is 11.8 Å². The molecule has 1 aliphatic carbocycles. The van der Waals surface area contributed by atoms with Gasteiger partial charge in [0.25, 0.3) is 0 Å². The summed E-state index contributed by atoms with van der Waals surface area (Å²) in [5, 5.41) is 9.41. The van der Waals surface area contributed by atoms with E-state index in [1.165, 1.54) is 5.56 Å². The van der Waals surface area contributed by atoms with Crippen LogP contribution in [-0.2, 0) is 15.0 Å². The molecule has 0 bridgehead atoms. The summed E-state index contributed by atoms with van der Waals surface area (Å²) in [7, 11) is 1.73. The van der Waals surface area contributed by atoms with Gasteiger partial charge in [-0.05, 0) is 45.2 Å². The second-order valence-electron chi connectivity index (χ2n) is 11.0. The number of likely N-dealkylation sites (tertiary alicyclic amines) is 1. The number of fused-ring (bicyclic) bond motifs is 2. The zero-order chi connectivity index (χ0) is 25.9. The summed E-state index contributed by atoms with van der Waals surface area (Å²) in [5.74, 6) is 2.64. The number of nitrogens with zero attached hydrogens (tertiary/aromatic N) is 8. The number of pyridine rings is 1. The fraction of sp³-hybridized carbons (Fsp3) is 0.556. The van der Waals surface area contributed by atoms with Gasteiger partial charge in [-0.25, -0.2) is 15.0 Å². The highest BCUT2D eigenvalue weighted by molar-refractivity contribution is 5.91. The highest BCUT2D eigenvalue weighted by atomic mass is 16.2. The van der Waals surface area contributed by atoms with Crippen LogP contribution in [0.15, 0.2) is 24.7 Å². The number of piperazine rings is 1. The molecular weight excluding hydrogens is 468 g/mol. The van der Waals surface area contributed by atoms with Crippen molar-refractivity contribution in [3.8, 4) is 6.07 Å². The van der Waals surface area contributed by atoms with Gasteiger partial charge in [0.1, 0.15) is 29.8 Å². The van der Waals surface area contributed by atoms with Crippen LogP contribution in [0.1, 0.15) is 57.1 Å². The molecule has 1 spiro atoms. The number of amides is 2. The van der Waals surface area contributed by atoms with Gasteiger partial charge in [-0.2, -0.15) is 5.26 Å². The third kappa shape index (κ3) is 3.63. The Labute approximate surface area is 216 Å². The molecule has 3 aliphatic heterocycles. The van der Waals surface area contributed by atoms with Crippen LogP contribution in [0.2, 0.25) is 0 Å². The van der Waals surface area contributed by atoms with E-state index in [-0.39, 0.29) is 35.4 Å². The molecule has 1 unspecified atom stereocenters. The lowest BCUT2D eigenvalue weighted by Crippen LogP contribution is -2.61. The van der Waals surface area contributed by atoms with Gasteiger partial charge in [0.05, 0.1) is 11.6 Å². The van der Waals surface area contributed by atoms with E-state index in [9.17, 15) is 14.9 Å². The van der Waals surface area contributed by atoms with E-state index in [2.05, 4.69) is 34.7 Å². The highest BCUT2D eigenvalue weighted by Crippen LogP contribution is 2.56. The Kier molecular flexibility index (Phi) is 5.55. The van der Waals surface area contributed by atoms with Crippen LogP contribution in [0.4, 0.5) is 17.5 Å². The van der Waals surface area contributed by atoms with E-state index in [0.29, 0.717) is 31.5 Å². The highest BCUT2D eigenvalue weighted by Gasteiger charge is 2.52. The van der Waals surface area contributed by atoms with Crippen molar-refractivity contribution in [2.45, 2.75) is 69.5 Å². The average Bonchev–Trinajstić information content (AvgIpc) is 3.42. The number of carbonyl (C=O) groups excluding carboxylic acids is 2. The zero-order valence-corrected chi connectivity index (χ0v) is 21.6. The van der Waals surface area contributed by atoms with Gasteiger partial charge in [0, 0.05) is 62.4 Å². The van der Waals surface area contributed by atoms with E-state index >= 15 is 0 Å². The van der Waals surface area contributed by atoms with Crippen LogP contribution >= 0.6 is 0 Å². The lowest BCUT2D eigenvalue weighted by atomic mass is 9.66. The Morgan fingerprint density at radius 2 is 1.92 bits per heavy atom. The number of nitriles is 1. The maximum Gasteiger partial charge on any atom is 0.245 e. The molecule has 0 aromatic carbocycles. The Morgan fingerprint density at radius 3 is 2.59 bits per heavy atom. The van der Waals surface area contributed by atoms with E-state index < -0.39 is 0 Å². The maximum absolute atomic E-state index is 13.4. The minimum Gasteiger partial charge on any atom is -0.350 e. The van der Waals surface area contributed by atoms with Gasteiger partial charge in [-0.3, -0.25) is 9.59 Å². The van der Waals surface area contributed by atoms with E-state index in [1.807, 2.05) is 11.0 Å². The Hall–Kier alpha value is -3.74. The second-order valence-corrected chi connectivity index (χ2v) is 11.0. The summed E-state index contributed by atoms with van der Waals surface area (Å²) >= 11 is 0. The molecule has 10 heteroatoms. The van der Waals surface area contributed by atoms with Crippen molar-refractivity contribution >= 4 is 29.3 Å². The molecule has 5 heterocycles. The smallest absolute Gasteiger partial charge is 0.245 e. The third-order valence-corrected chi connectivity index (χ3v) is 8.83. The normalized spacial score (nSPS) is 26.3. The quantitative estimate of drug-likeness (QED) is 0.632. The van der Waals surface area contributed by atoms with Crippen LogP contribution in [0.5, 0.6) is 0 Å². The molecule has 3 fully saturated rings. The summed E-state index contributed by atoms with van der Waals surface area (Å²) in [5.41, 5.74) is 1.72. The number of hydrogen-bond donors (Lipinski definition) is 0. The molecule has 10 nitrogen and oxygen atoms in total. The molecule has 192 valence electrons. The minimum absolute atomic E-state index is 0.0118. The van der Waals surface area contributed by atoms with Crippen molar-refractivity contribution in [2.75, 3.05) is 36.5 Å². The Morgan fingerprint density at radius 1 is 1.14 bits per heavy atom. The molecule has 4 aliphatic rings. The predicted molar refractivity (Wildman–Crippen MR) is 137 cm³/mol. The maximum atomic E-state index is 13.4. The van der Waals surface area contributed by atoms with Gasteiger partial charge in [-0.15, -0.1) is 0 Å². The van der Waals surface area contributed by atoms with Crippen molar-refractivity contribution in [1.29, 1.82) is 5.26 Å². The first-order valence-corrected chi connectivity index (χ1v) is 13.1. The zero-order valence-electron chi connectivity index (χ0n) is 21.6. The molecule has 1 saturated carbocycles. The fourth-order valence-corrected chi connectivity index (χ4v) is 6.57. The van der Waals surface area contributed by atoms with Gasteiger partial charge in [0.15, 0.2) is 0 Å². The number of aromatic nitrogens is 3. The van der Waals surface area contributed by atoms with Gasteiger partial charge < -0.3 is 19.6 Å². The first-order chi connectivity index (χ1) is 17.8. The molecular formula is C27H32N8O2. The number of rotatable bonds is 3. The fourth-order valence-electron chi connectivity index (χ4n) is 6.57. The van der Waals surface area contributed by atoms with Crippen molar-refractivity contribution in [3.63, 3.8) is 0 Å². The largest absolute Gasteiger partial charge is 0.350 e. The van der Waals surface area contributed by atoms with Crippen LogP contribution in [0, 0.1) is 11.3 Å². The van der Waals surface area contributed by atoms with Crippen molar-refractivity contribution in [1.82, 2.24) is 24.8 Å². The lowest BCUT2D eigenvalue weighted by molar-refractivity contribution is -0.142. The van der Waals surface area contributed by atoms with Crippen LogP contribution in [-0.4, -0.2) is 81.4 Å². The summed E-state index contributed by atoms with van der Waals surface area (Å²) in [4.78, 5) is 47.6. The van der Waals surface area contributed by atoms with E-state index in [0.717, 1.165) is 43.3 Å². The van der Waals surface area contributed by atoms with E-state index in [1.54, 1.807) is 30.5 Å². The summed E-state index contributed by atoms with van der Waals surface area (Å²) in [6.45, 7) is 6.25. The van der Waals surface area contributed by atoms with Crippen molar-refractivity contribution in [3.05, 3.63) is 35.8 Å². The molecule has 3 atom stereocenters. The molecule has 37 heavy (non-hydrogen) atoms. The first kappa shape index (κ1) is 23.6. The lowest BCUT2D eigenvalue weighted by Gasteiger charge is -2.47. The van der Waals surface area contributed by atoms with E-state index in [4.69, 9.17) is 9.97 Å². The number of carbonyl (C=O) groups is 2. The Balaban J connectivity index is 1.32. The standard InChI is InChI=1S/C27H32N8O2/c1-17-14-34(26(37)20-5-6-22(36)32(20)3)18(2)13-33(17)24-23-25(31-16-30-24)35(15-27(23)8-4-9-27)21-11-19(12-28)7-10-29-21/h7,10-11,16-18,20H,4-6,8-9,13-15H2,1-3H3/t17-,18+,20?/m0/s1. The molecule has 2 amide bonds. The summed E-state index contributed by atoms with van der Waals surface area (Å²) in [6, 6.07) is 5.44. The van der Waals surface area contributed by atoms with Crippen LogP contribution in [0.25, 0.3) is 0 Å². The Bertz CT molecular complexity index is 1300. The second kappa shape index (κ2) is 8.68. The van der Waals surface area contributed by atoms with Crippen LogP contribution in [0.3, 0.4) is 0 Å². The average molecular weight is 501 g/mol. The molecule has 0 radical (unpaired) electrons. The minimum atomic E-state index is -0.361. The van der Waals surface area contributed by atoms with Crippen molar-refractivity contribution < 1.29 is 9.59 Å². The van der Waals surface area contributed by atoms with Gasteiger partial charge >= 0.3 is 0 Å². The summed E-state index contributed by atoms with van der Waals surface area (Å²) < 4.78 is 0. The molecule has 2 aromatic rings. The number of hydrogen-bond acceptors (Lipinski definition) is 8. The molecule has 2 aromatic heterocycles. The monoisotopic (exact) mass is 500 g/mol. The molecule has 6 rings (SSSR count). The van der Waals surface area contributed by atoms with Crippen LogP contribution < -0.4 is 9.80 Å². The summed E-state index contributed by atoms with van der Waals surface area (Å²) in [6.07, 6.45) is 7.63. The number of likely N-dealkylation sites (N-methyl/N-ethyl adjacent to an activating group) is 1. The van der Waals surface area contributed by atoms with Crippen molar-refractivity contribution in [2.24, 2.45) is 0 Å². The first-order valence-electron chi connectivity index (χ1n) is 13.1.